The fourth-order valence-corrected chi connectivity index (χ4v) is 2.23. The van der Waals surface area contributed by atoms with Crippen LogP contribution in [0, 0.1) is 0 Å². The Morgan fingerprint density at radius 2 is 2.00 bits per heavy atom. The van der Waals surface area contributed by atoms with Gasteiger partial charge >= 0.3 is 0 Å². The van der Waals surface area contributed by atoms with Crippen LogP contribution in [0.2, 0.25) is 0 Å². The zero-order valence-electron chi connectivity index (χ0n) is 12.1. The van der Waals surface area contributed by atoms with Crippen molar-refractivity contribution in [2.24, 2.45) is 10.9 Å². The summed E-state index contributed by atoms with van der Waals surface area (Å²) >= 11 is 0. The predicted octanol–water partition coefficient (Wildman–Crippen LogP) is 2.74. The number of nitrogens with zero attached hydrogens (tertiary/aromatic N) is 2. The minimum absolute atomic E-state index is 0.0224. The molecule has 1 aromatic carbocycles. The van der Waals surface area contributed by atoms with Crippen molar-refractivity contribution in [3.63, 3.8) is 0 Å². The van der Waals surface area contributed by atoms with Crippen molar-refractivity contribution in [3.8, 4) is 0 Å². The fourth-order valence-electron chi connectivity index (χ4n) is 2.23. The molecule has 110 valence electrons. The van der Waals surface area contributed by atoms with Crippen molar-refractivity contribution < 1.29 is 5.21 Å². The quantitative estimate of drug-likeness (QED) is 0.329. The van der Waals surface area contributed by atoms with E-state index in [1.165, 1.54) is 5.56 Å². The van der Waals surface area contributed by atoms with Gasteiger partial charge in [-0.25, -0.2) is 0 Å². The standard InChI is InChI=1S/C16H20N4O/c1-2-6-12-7-3-4-9-14(12)19-11-13-8-5-10-18-15(13)16(17)20-21/h3-5,7-10,19,21H,2,6,11H2,1H3,(H2,17,20). The molecule has 1 aromatic heterocycles. The monoisotopic (exact) mass is 284 g/mol. The summed E-state index contributed by atoms with van der Waals surface area (Å²) in [5.74, 6) is 0.0224. The number of amidine groups is 1. The number of anilines is 1. The van der Waals surface area contributed by atoms with Crippen LogP contribution in [0.25, 0.3) is 0 Å². The summed E-state index contributed by atoms with van der Waals surface area (Å²) in [7, 11) is 0. The second-order valence-corrected chi connectivity index (χ2v) is 4.76. The highest BCUT2D eigenvalue weighted by Crippen LogP contribution is 2.18. The average molecular weight is 284 g/mol. The van der Waals surface area contributed by atoms with Crippen LogP contribution >= 0.6 is 0 Å². The second-order valence-electron chi connectivity index (χ2n) is 4.76. The zero-order valence-corrected chi connectivity index (χ0v) is 12.1. The molecule has 2 rings (SSSR count). The molecule has 0 radical (unpaired) electrons. The highest BCUT2D eigenvalue weighted by Gasteiger charge is 2.08. The van der Waals surface area contributed by atoms with Gasteiger partial charge in [0.2, 0.25) is 0 Å². The molecule has 1 heterocycles. The Balaban J connectivity index is 2.17. The Morgan fingerprint density at radius 1 is 1.24 bits per heavy atom. The van der Waals surface area contributed by atoms with Gasteiger partial charge in [-0.15, -0.1) is 0 Å². The molecule has 0 aliphatic carbocycles. The Hall–Kier alpha value is -2.56. The highest BCUT2D eigenvalue weighted by atomic mass is 16.4. The highest BCUT2D eigenvalue weighted by molar-refractivity contribution is 5.96. The molecule has 0 atom stereocenters. The SMILES string of the molecule is CCCc1ccccc1NCc1cccnc1C(N)=NO. The number of nitrogens with two attached hydrogens (primary N) is 1. The largest absolute Gasteiger partial charge is 0.409 e. The first-order chi connectivity index (χ1) is 10.3. The maximum Gasteiger partial charge on any atom is 0.189 e. The molecule has 0 fully saturated rings. The lowest BCUT2D eigenvalue weighted by molar-refractivity contribution is 0.318. The molecule has 0 saturated heterocycles. The summed E-state index contributed by atoms with van der Waals surface area (Å²) in [6.45, 7) is 2.73. The minimum Gasteiger partial charge on any atom is -0.409 e. The molecule has 0 saturated carbocycles. The van der Waals surface area contributed by atoms with E-state index in [0.717, 1.165) is 24.1 Å². The van der Waals surface area contributed by atoms with Crippen molar-refractivity contribution in [2.75, 3.05) is 5.32 Å². The molecular weight excluding hydrogens is 264 g/mol. The molecular formula is C16H20N4O. The van der Waals surface area contributed by atoms with Gasteiger partial charge in [0, 0.05) is 24.0 Å². The number of aromatic nitrogens is 1. The van der Waals surface area contributed by atoms with Gasteiger partial charge in [-0.1, -0.05) is 42.8 Å². The molecule has 0 aliphatic rings. The van der Waals surface area contributed by atoms with Crippen LogP contribution < -0.4 is 11.1 Å². The third-order valence-corrected chi connectivity index (χ3v) is 3.25. The number of benzene rings is 1. The lowest BCUT2D eigenvalue weighted by atomic mass is 10.1. The van der Waals surface area contributed by atoms with Crippen molar-refractivity contribution in [3.05, 3.63) is 59.4 Å². The Bertz CT molecular complexity index is 625. The average Bonchev–Trinajstić information content (AvgIpc) is 2.54. The third-order valence-electron chi connectivity index (χ3n) is 3.25. The van der Waals surface area contributed by atoms with Gasteiger partial charge < -0.3 is 16.3 Å². The molecule has 4 N–H and O–H groups in total. The Morgan fingerprint density at radius 3 is 2.76 bits per heavy atom. The van der Waals surface area contributed by atoms with E-state index in [0.29, 0.717) is 12.2 Å². The van der Waals surface area contributed by atoms with Crippen LogP contribution in [0.1, 0.15) is 30.2 Å². The normalized spacial score (nSPS) is 11.4. The molecule has 0 spiro atoms. The van der Waals surface area contributed by atoms with Crippen molar-refractivity contribution in [1.29, 1.82) is 0 Å². The van der Waals surface area contributed by atoms with Gasteiger partial charge in [-0.05, 0) is 24.1 Å². The number of nitrogens with one attached hydrogen (secondary N) is 1. The van der Waals surface area contributed by atoms with E-state index in [-0.39, 0.29) is 5.84 Å². The van der Waals surface area contributed by atoms with E-state index < -0.39 is 0 Å². The molecule has 5 nitrogen and oxygen atoms in total. The van der Waals surface area contributed by atoms with Gasteiger partial charge in [0.1, 0.15) is 5.69 Å². The van der Waals surface area contributed by atoms with Crippen LogP contribution in [0.4, 0.5) is 5.69 Å². The number of hydrogen-bond donors (Lipinski definition) is 3. The second kappa shape index (κ2) is 7.28. The summed E-state index contributed by atoms with van der Waals surface area (Å²) in [6.07, 6.45) is 3.76. The first kappa shape index (κ1) is 14.8. The Kier molecular flexibility index (Phi) is 5.15. The number of rotatable bonds is 6. The lowest BCUT2D eigenvalue weighted by Crippen LogP contribution is -2.18. The van der Waals surface area contributed by atoms with Crippen LogP contribution in [0.5, 0.6) is 0 Å². The number of para-hydroxylation sites is 1. The van der Waals surface area contributed by atoms with E-state index in [4.69, 9.17) is 10.9 Å². The summed E-state index contributed by atoms with van der Waals surface area (Å²) < 4.78 is 0. The van der Waals surface area contributed by atoms with Crippen LogP contribution in [0.3, 0.4) is 0 Å². The molecule has 2 aromatic rings. The van der Waals surface area contributed by atoms with Crippen LogP contribution in [-0.2, 0) is 13.0 Å². The maximum absolute atomic E-state index is 8.81. The smallest absolute Gasteiger partial charge is 0.189 e. The van der Waals surface area contributed by atoms with E-state index in [2.05, 4.69) is 34.5 Å². The van der Waals surface area contributed by atoms with E-state index in [9.17, 15) is 0 Å². The fraction of sp³-hybridized carbons (Fsp3) is 0.250. The summed E-state index contributed by atoms with van der Waals surface area (Å²) in [5.41, 5.74) is 9.43. The molecule has 0 aliphatic heterocycles. The topological polar surface area (TPSA) is 83.5 Å². The molecule has 0 amide bonds. The maximum atomic E-state index is 8.81. The number of aryl methyl sites for hydroxylation is 1. The molecule has 21 heavy (non-hydrogen) atoms. The van der Waals surface area contributed by atoms with Gasteiger partial charge in [-0.2, -0.15) is 0 Å². The van der Waals surface area contributed by atoms with Crippen molar-refractivity contribution in [2.45, 2.75) is 26.3 Å². The van der Waals surface area contributed by atoms with E-state index in [1.807, 2.05) is 24.3 Å². The Labute approximate surface area is 124 Å². The summed E-state index contributed by atoms with van der Waals surface area (Å²) in [6, 6.07) is 12.0. The predicted molar refractivity (Wildman–Crippen MR) is 84.5 cm³/mol. The van der Waals surface area contributed by atoms with E-state index in [1.54, 1.807) is 6.20 Å². The number of hydrogen-bond acceptors (Lipinski definition) is 4. The van der Waals surface area contributed by atoms with E-state index >= 15 is 0 Å². The number of oxime groups is 1. The third kappa shape index (κ3) is 3.72. The molecule has 5 heteroatoms. The molecule has 0 bridgehead atoms. The van der Waals surface area contributed by atoms with Crippen molar-refractivity contribution in [1.82, 2.24) is 4.98 Å². The van der Waals surface area contributed by atoms with Gasteiger partial charge in [0.05, 0.1) is 0 Å². The van der Waals surface area contributed by atoms with Gasteiger partial charge in [0.15, 0.2) is 5.84 Å². The first-order valence-corrected chi connectivity index (χ1v) is 6.99. The van der Waals surface area contributed by atoms with Crippen LogP contribution in [0.15, 0.2) is 47.8 Å². The summed E-state index contributed by atoms with van der Waals surface area (Å²) in [5, 5.41) is 15.2. The molecule has 0 unspecified atom stereocenters. The van der Waals surface area contributed by atoms with Gasteiger partial charge in [0.25, 0.3) is 0 Å². The minimum atomic E-state index is 0.0224. The summed E-state index contributed by atoms with van der Waals surface area (Å²) in [4.78, 5) is 4.16. The lowest BCUT2D eigenvalue weighted by Gasteiger charge is -2.13. The number of pyridine rings is 1. The van der Waals surface area contributed by atoms with Crippen molar-refractivity contribution >= 4 is 11.5 Å². The van der Waals surface area contributed by atoms with Gasteiger partial charge in [-0.3, -0.25) is 4.98 Å². The zero-order chi connectivity index (χ0) is 15.1. The van der Waals surface area contributed by atoms with Crippen LogP contribution in [-0.4, -0.2) is 16.0 Å². The first-order valence-electron chi connectivity index (χ1n) is 6.99.